The molecule has 1 aromatic carbocycles. The molecule has 1 heterocycles. The van der Waals surface area contributed by atoms with Gasteiger partial charge in [-0.05, 0) is 40.6 Å². The summed E-state index contributed by atoms with van der Waals surface area (Å²) >= 11 is 1.10. The summed E-state index contributed by atoms with van der Waals surface area (Å²) in [6, 6.07) is 8.72. The number of allylic oxidation sites excluding steroid dienone is 1. The second-order valence-electron chi connectivity index (χ2n) is 6.55. The molecule has 1 atom stereocenters. The zero-order valence-electron chi connectivity index (χ0n) is 13.0. The number of thioether (sulfide) groups is 1. The third-order valence-electron chi connectivity index (χ3n) is 3.49. The monoisotopic (exact) mass is 302 g/mol. The number of carbonyl (C=O) groups excluding carboxylic acids is 1. The van der Waals surface area contributed by atoms with Crippen LogP contribution < -0.4 is 5.32 Å². The van der Waals surface area contributed by atoms with Crippen molar-refractivity contribution in [3.8, 4) is 0 Å². The first-order valence-electron chi connectivity index (χ1n) is 7.14. The summed E-state index contributed by atoms with van der Waals surface area (Å²) in [4.78, 5) is 11.9. The molecule has 0 radical (unpaired) electrons. The van der Waals surface area contributed by atoms with Gasteiger partial charge in [0.05, 0.1) is 4.91 Å². The molecule has 21 heavy (non-hydrogen) atoms. The molecular weight excluding hydrogens is 280 g/mol. The second kappa shape index (κ2) is 6.06. The molecule has 1 aromatic rings. The molecule has 2 N–H and O–H groups in total. The fraction of sp³-hybridized carbons (Fsp3) is 0.412. The molecule has 1 fully saturated rings. The first-order valence-corrected chi connectivity index (χ1v) is 7.96. The van der Waals surface area contributed by atoms with E-state index in [0.717, 1.165) is 23.1 Å². The van der Waals surface area contributed by atoms with Crippen molar-refractivity contribution in [2.75, 3.05) is 0 Å². The van der Waals surface area contributed by atoms with Gasteiger partial charge in [-0.15, -0.1) is 0 Å². The quantitative estimate of drug-likeness (QED) is 0.865. The van der Waals surface area contributed by atoms with E-state index < -0.39 is 0 Å². The van der Waals surface area contributed by atoms with Gasteiger partial charge in [-0.25, -0.2) is 0 Å². The van der Waals surface area contributed by atoms with Crippen LogP contribution in [-0.4, -0.2) is 11.1 Å². The minimum Gasteiger partial charge on any atom is -0.301 e. The van der Waals surface area contributed by atoms with Crippen molar-refractivity contribution in [2.45, 2.75) is 39.5 Å². The van der Waals surface area contributed by atoms with Gasteiger partial charge in [-0.2, -0.15) is 0 Å². The molecule has 1 unspecified atom stereocenters. The van der Waals surface area contributed by atoms with Crippen LogP contribution in [0.25, 0.3) is 0 Å². The lowest BCUT2D eigenvalue weighted by Gasteiger charge is -2.19. The van der Waals surface area contributed by atoms with Crippen LogP contribution in [0.1, 0.15) is 38.8 Å². The number of amidine groups is 1. The minimum absolute atomic E-state index is 0.159. The van der Waals surface area contributed by atoms with Crippen LogP contribution in [0, 0.1) is 11.3 Å². The normalized spacial score (nSPS) is 19.0. The Bertz CT molecular complexity index is 582. The van der Waals surface area contributed by atoms with Crippen molar-refractivity contribution in [3.05, 3.63) is 46.4 Å². The zero-order chi connectivity index (χ0) is 15.6. The van der Waals surface area contributed by atoms with Crippen LogP contribution in [0.3, 0.4) is 0 Å². The Hall–Kier alpha value is -1.55. The Morgan fingerprint density at radius 1 is 1.29 bits per heavy atom. The van der Waals surface area contributed by atoms with Gasteiger partial charge >= 0.3 is 0 Å². The fourth-order valence-corrected chi connectivity index (χ4v) is 3.09. The molecule has 0 aliphatic carbocycles. The molecule has 0 bridgehead atoms. The predicted octanol–water partition coefficient (Wildman–Crippen LogP) is 4.48. The topological polar surface area (TPSA) is 53.0 Å². The lowest BCUT2D eigenvalue weighted by Crippen LogP contribution is -2.17. The summed E-state index contributed by atoms with van der Waals surface area (Å²) in [5.41, 5.74) is 2.79. The number of hydrogen-bond acceptors (Lipinski definition) is 3. The second-order valence-corrected chi connectivity index (χ2v) is 7.56. The van der Waals surface area contributed by atoms with E-state index in [0.29, 0.717) is 5.92 Å². The molecule has 0 saturated carbocycles. The number of nitrogens with one attached hydrogen (secondary N) is 2. The highest BCUT2D eigenvalue weighted by atomic mass is 32.2. The van der Waals surface area contributed by atoms with Crippen LogP contribution in [-0.2, 0) is 11.8 Å². The molecule has 112 valence electrons. The number of amides is 1. The summed E-state index contributed by atoms with van der Waals surface area (Å²) in [6.07, 6.45) is 2.92. The predicted molar refractivity (Wildman–Crippen MR) is 89.9 cm³/mol. The summed E-state index contributed by atoms with van der Waals surface area (Å²) < 4.78 is 0. The molecule has 0 aromatic heterocycles. The molecule has 1 aliphatic rings. The first-order chi connectivity index (χ1) is 9.75. The molecule has 1 amide bonds. The first kappa shape index (κ1) is 15.8. The molecular formula is C17H22N2OS. The molecule has 1 saturated heterocycles. The molecule has 1 aliphatic heterocycles. The number of hydrogen-bond donors (Lipinski definition) is 2. The van der Waals surface area contributed by atoms with Crippen LogP contribution >= 0.6 is 11.8 Å². The Kier molecular flexibility index (Phi) is 4.57. The lowest BCUT2D eigenvalue weighted by atomic mass is 9.86. The summed E-state index contributed by atoms with van der Waals surface area (Å²) in [7, 11) is 0. The van der Waals surface area contributed by atoms with Gasteiger partial charge in [0.1, 0.15) is 5.84 Å². The number of benzene rings is 1. The van der Waals surface area contributed by atoms with Crippen molar-refractivity contribution in [3.63, 3.8) is 0 Å². The highest BCUT2D eigenvalue weighted by Crippen LogP contribution is 2.26. The Labute approximate surface area is 130 Å². The largest absolute Gasteiger partial charge is 0.301 e. The molecule has 0 spiro atoms. The van der Waals surface area contributed by atoms with Gasteiger partial charge in [0.2, 0.25) is 0 Å². The third-order valence-corrected chi connectivity index (χ3v) is 4.34. The standard InChI is InChI=1S/C17H22N2OS/c1-11(10-14-15(18)19-16(20)21-14)9-12-5-7-13(8-6-12)17(2,3)4/h5-8,10-11H,9H2,1-4H3,(H2,18,19,20)/b14-10+. The van der Waals surface area contributed by atoms with E-state index in [2.05, 4.69) is 57.3 Å². The zero-order valence-corrected chi connectivity index (χ0v) is 13.8. The minimum atomic E-state index is -0.159. The van der Waals surface area contributed by atoms with Crippen LogP contribution in [0.2, 0.25) is 0 Å². The number of rotatable bonds is 3. The summed E-state index contributed by atoms with van der Waals surface area (Å²) in [5, 5.41) is 10.0. The lowest BCUT2D eigenvalue weighted by molar-refractivity contribution is 0.265. The van der Waals surface area contributed by atoms with E-state index >= 15 is 0 Å². The van der Waals surface area contributed by atoms with Crippen LogP contribution in [0.15, 0.2) is 35.2 Å². The van der Waals surface area contributed by atoms with Crippen molar-refractivity contribution in [1.82, 2.24) is 5.32 Å². The Morgan fingerprint density at radius 3 is 2.38 bits per heavy atom. The maximum atomic E-state index is 11.2. The molecule has 4 heteroatoms. The van der Waals surface area contributed by atoms with Crippen molar-refractivity contribution >= 4 is 22.8 Å². The maximum absolute atomic E-state index is 11.2. The van der Waals surface area contributed by atoms with E-state index in [1.54, 1.807) is 0 Å². The average Bonchev–Trinajstić information content (AvgIpc) is 2.67. The van der Waals surface area contributed by atoms with E-state index in [1.807, 2.05) is 6.08 Å². The van der Waals surface area contributed by atoms with Crippen LogP contribution in [0.4, 0.5) is 4.79 Å². The highest BCUT2D eigenvalue weighted by Gasteiger charge is 2.22. The summed E-state index contributed by atoms with van der Waals surface area (Å²) in [6.45, 7) is 8.74. The van der Waals surface area contributed by atoms with Gasteiger partial charge in [0.15, 0.2) is 0 Å². The Balaban J connectivity index is 2.03. The van der Waals surface area contributed by atoms with Gasteiger partial charge < -0.3 is 5.32 Å². The molecule has 2 rings (SSSR count). The van der Waals surface area contributed by atoms with E-state index in [4.69, 9.17) is 5.41 Å². The van der Waals surface area contributed by atoms with Gasteiger partial charge in [-0.3, -0.25) is 10.2 Å². The van der Waals surface area contributed by atoms with Gasteiger partial charge in [0, 0.05) is 0 Å². The SMILES string of the molecule is CC(/C=C1/SC(=O)NC1=N)Cc1ccc(C(C)(C)C)cc1. The van der Waals surface area contributed by atoms with Crippen LogP contribution in [0.5, 0.6) is 0 Å². The number of carbonyl (C=O) groups is 1. The van der Waals surface area contributed by atoms with E-state index in [9.17, 15) is 4.79 Å². The van der Waals surface area contributed by atoms with Gasteiger partial charge in [-0.1, -0.05) is 58.0 Å². The summed E-state index contributed by atoms with van der Waals surface area (Å²) in [5.74, 6) is 0.515. The smallest absolute Gasteiger partial charge is 0.289 e. The Morgan fingerprint density at radius 2 is 1.90 bits per heavy atom. The average molecular weight is 302 g/mol. The van der Waals surface area contributed by atoms with Gasteiger partial charge in [0.25, 0.3) is 5.24 Å². The van der Waals surface area contributed by atoms with E-state index in [-0.39, 0.29) is 16.5 Å². The van der Waals surface area contributed by atoms with Crippen molar-refractivity contribution in [1.29, 1.82) is 5.41 Å². The van der Waals surface area contributed by atoms with Crippen molar-refractivity contribution < 1.29 is 4.79 Å². The highest BCUT2D eigenvalue weighted by molar-refractivity contribution is 8.18. The fourth-order valence-electron chi connectivity index (χ4n) is 2.29. The molecule has 3 nitrogen and oxygen atoms in total. The maximum Gasteiger partial charge on any atom is 0.289 e. The van der Waals surface area contributed by atoms with Crippen molar-refractivity contribution in [2.24, 2.45) is 5.92 Å². The third kappa shape index (κ3) is 4.21. The van der Waals surface area contributed by atoms with E-state index in [1.165, 1.54) is 11.1 Å².